The molecule has 7 nitrogen and oxygen atoms in total. The van der Waals surface area contributed by atoms with Gasteiger partial charge in [-0.2, -0.15) is 0 Å². The van der Waals surface area contributed by atoms with Crippen LogP contribution in [0.1, 0.15) is 5.56 Å². The first kappa shape index (κ1) is 18.1. The number of imidazole rings is 1. The van der Waals surface area contributed by atoms with Gasteiger partial charge in [-0.3, -0.25) is 9.36 Å². The second kappa shape index (κ2) is 8.62. The van der Waals surface area contributed by atoms with Gasteiger partial charge in [0.25, 0.3) is 0 Å². The number of nitrogens with one attached hydrogen (secondary N) is 2. The lowest BCUT2D eigenvalue weighted by Gasteiger charge is -2.08. The number of carbonyl (C=O) groups excluding carboxylic acids is 1. The maximum absolute atomic E-state index is 12.1. The van der Waals surface area contributed by atoms with Crippen LogP contribution in [0.25, 0.3) is 11.9 Å². The molecule has 4 aromatic rings. The summed E-state index contributed by atoms with van der Waals surface area (Å²) in [5, 5.41) is 6.06. The number of aromatic nitrogens is 4. The van der Waals surface area contributed by atoms with Crippen LogP contribution >= 0.6 is 0 Å². The Kier molecular flexibility index (Phi) is 5.39. The maximum atomic E-state index is 12.1. The fourth-order valence-corrected chi connectivity index (χ4v) is 2.66. The van der Waals surface area contributed by atoms with Crippen molar-refractivity contribution >= 4 is 29.2 Å². The zero-order valence-corrected chi connectivity index (χ0v) is 15.4. The van der Waals surface area contributed by atoms with E-state index in [1.54, 1.807) is 23.2 Å². The third-order valence-electron chi connectivity index (χ3n) is 4.07. The van der Waals surface area contributed by atoms with Gasteiger partial charge in [-0.1, -0.05) is 30.3 Å². The second-order valence-corrected chi connectivity index (χ2v) is 6.17. The molecule has 0 aliphatic heterocycles. The molecule has 4 rings (SSSR count). The van der Waals surface area contributed by atoms with Crippen LogP contribution < -0.4 is 10.6 Å². The van der Waals surface area contributed by atoms with Crippen molar-refractivity contribution in [3.63, 3.8) is 0 Å². The van der Waals surface area contributed by atoms with Gasteiger partial charge in [0.05, 0.1) is 0 Å². The predicted molar refractivity (Wildman–Crippen MR) is 113 cm³/mol. The van der Waals surface area contributed by atoms with Gasteiger partial charge >= 0.3 is 0 Å². The molecule has 0 bridgehead atoms. The molecule has 29 heavy (non-hydrogen) atoms. The van der Waals surface area contributed by atoms with Crippen LogP contribution in [-0.4, -0.2) is 25.4 Å². The number of benzene rings is 2. The molecular formula is C22H18N6O. The minimum absolute atomic E-state index is 0.185. The molecule has 2 heterocycles. The van der Waals surface area contributed by atoms with E-state index in [9.17, 15) is 4.79 Å². The molecule has 0 fully saturated rings. The smallest absolute Gasteiger partial charge is 0.248 e. The third-order valence-corrected chi connectivity index (χ3v) is 4.07. The van der Waals surface area contributed by atoms with Crippen molar-refractivity contribution in [3.05, 3.63) is 97.4 Å². The molecule has 2 aromatic heterocycles. The minimum atomic E-state index is -0.185. The Morgan fingerprint density at radius 1 is 0.966 bits per heavy atom. The van der Waals surface area contributed by atoms with Crippen molar-refractivity contribution in [2.24, 2.45) is 0 Å². The van der Waals surface area contributed by atoms with Gasteiger partial charge in [0.2, 0.25) is 5.91 Å². The maximum Gasteiger partial charge on any atom is 0.248 e. The SMILES string of the molecule is O=C(/C=C/c1ccccc1)Nc1ccc(Nc2cc(-n3ccnc3)ncn2)cc1. The number of rotatable bonds is 6. The van der Waals surface area contributed by atoms with Crippen LogP contribution in [-0.2, 0) is 4.79 Å². The Morgan fingerprint density at radius 2 is 1.76 bits per heavy atom. The van der Waals surface area contributed by atoms with Gasteiger partial charge in [0, 0.05) is 35.9 Å². The van der Waals surface area contributed by atoms with Crippen molar-refractivity contribution < 1.29 is 4.79 Å². The van der Waals surface area contributed by atoms with Crippen LogP contribution in [0.5, 0.6) is 0 Å². The normalized spacial score (nSPS) is 10.8. The summed E-state index contributed by atoms with van der Waals surface area (Å²) in [5.74, 6) is 1.19. The lowest BCUT2D eigenvalue weighted by Crippen LogP contribution is -2.07. The van der Waals surface area contributed by atoms with Gasteiger partial charge < -0.3 is 10.6 Å². The van der Waals surface area contributed by atoms with Crippen molar-refractivity contribution in [2.45, 2.75) is 0 Å². The van der Waals surface area contributed by atoms with E-state index in [1.165, 1.54) is 12.4 Å². The van der Waals surface area contributed by atoms with Crippen LogP contribution in [0.15, 0.2) is 91.8 Å². The van der Waals surface area contributed by atoms with E-state index < -0.39 is 0 Å². The van der Waals surface area contributed by atoms with E-state index in [4.69, 9.17) is 0 Å². The summed E-state index contributed by atoms with van der Waals surface area (Å²) in [6.07, 6.45) is 9.96. The van der Waals surface area contributed by atoms with Gasteiger partial charge in [-0.15, -0.1) is 0 Å². The zero-order valence-electron chi connectivity index (χ0n) is 15.4. The Hall–Kier alpha value is -4.26. The summed E-state index contributed by atoms with van der Waals surface area (Å²) in [4.78, 5) is 24.6. The molecule has 0 saturated carbocycles. The predicted octanol–water partition coefficient (Wildman–Crippen LogP) is 4.06. The molecule has 0 saturated heterocycles. The summed E-state index contributed by atoms with van der Waals surface area (Å²) in [7, 11) is 0. The van der Waals surface area contributed by atoms with Gasteiger partial charge in [0.1, 0.15) is 24.3 Å². The van der Waals surface area contributed by atoms with E-state index in [-0.39, 0.29) is 5.91 Å². The molecule has 0 unspecified atom stereocenters. The average Bonchev–Trinajstić information content (AvgIpc) is 3.30. The number of hydrogen-bond acceptors (Lipinski definition) is 5. The van der Waals surface area contributed by atoms with E-state index in [1.807, 2.05) is 66.9 Å². The van der Waals surface area contributed by atoms with Crippen LogP contribution in [0.3, 0.4) is 0 Å². The number of nitrogens with zero attached hydrogens (tertiary/aromatic N) is 4. The van der Waals surface area contributed by atoms with Crippen molar-refractivity contribution in [1.82, 2.24) is 19.5 Å². The Balaban J connectivity index is 1.37. The van der Waals surface area contributed by atoms with E-state index in [0.717, 1.165) is 11.3 Å². The molecule has 0 aliphatic rings. The summed E-state index contributed by atoms with van der Waals surface area (Å²) < 4.78 is 1.80. The molecule has 2 N–H and O–H groups in total. The summed E-state index contributed by atoms with van der Waals surface area (Å²) in [6, 6.07) is 18.9. The number of carbonyl (C=O) groups is 1. The Morgan fingerprint density at radius 3 is 2.52 bits per heavy atom. The minimum Gasteiger partial charge on any atom is -0.340 e. The topological polar surface area (TPSA) is 84.7 Å². The highest BCUT2D eigenvalue weighted by atomic mass is 16.1. The van der Waals surface area contributed by atoms with Crippen molar-refractivity contribution in [1.29, 1.82) is 0 Å². The van der Waals surface area contributed by atoms with E-state index in [0.29, 0.717) is 17.3 Å². The Bertz CT molecular complexity index is 1110. The summed E-state index contributed by atoms with van der Waals surface area (Å²) in [5.41, 5.74) is 2.53. The highest BCUT2D eigenvalue weighted by Crippen LogP contribution is 2.18. The fourth-order valence-electron chi connectivity index (χ4n) is 2.66. The largest absolute Gasteiger partial charge is 0.340 e. The molecule has 7 heteroatoms. The molecule has 0 aliphatic carbocycles. The van der Waals surface area contributed by atoms with Gasteiger partial charge in [-0.05, 0) is 35.9 Å². The van der Waals surface area contributed by atoms with Crippen LogP contribution in [0.2, 0.25) is 0 Å². The lowest BCUT2D eigenvalue weighted by molar-refractivity contribution is -0.111. The first-order valence-corrected chi connectivity index (χ1v) is 8.98. The highest BCUT2D eigenvalue weighted by Gasteiger charge is 2.03. The lowest BCUT2D eigenvalue weighted by atomic mass is 10.2. The molecule has 1 amide bonds. The van der Waals surface area contributed by atoms with Crippen molar-refractivity contribution in [3.8, 4) is 5.82 Å². The standard InChI is InChI=1S/C22H18N6O/c29-22(11-6-17-4-2-1-3-5-17)27-19-9-7-18(8-10-19)26-20-14-21(25-15-24-20)28-13-12-23-16-28/h1-16H,(H,27,29)(H,24,25,26)/b11-6+. The first-order chi connectivity index (χ1) is 14.3. The van der Waals surface area contributed by atoms with Crippen LogP contribution in [0, 0.1) is 0 Å². The summed E-state index contributed by atoms with van der Waals surface area (Å²) >= 11 is 0. The number of anilines is 3. The van der Waals surface area contributed by atoms with Gasteiger partial charge in [-0.25, -0.2) is 15.0 Å². The quantitative estimate of drug-likeness (QED) is 0.491. The molecule has 0 spiro atoms. The number of hydrogen-bond donors (Lipinski definition) is 2. The average molecular weight is 382 g/mol. The number of amides is 1. The van der Waals surface area contributed by atoms with E-state index >= 15 is 0 Å². The third kappa shape index (κ3) is 4.92. The molecule has 2 aromatic carbocycles. The molecule has 0 atom stereocenters. The molecule has 142 valence electrons. The Labute approximate surface area is 167 Å². The summed E-state index contributed by atoms with van der Waals surface area (Å²) in [6.45, 7) is 0. The van der Waals surface area contributed by atoms with Crippen molar-refractivity contribution in [2.75, 3.05) is 10.6 Å². The monoisotopic (exact) mass is 382 g/mol. The van der Waals surface area contributed by atoms with Crippen LogP contribution in [0.4, 0.5) is 17.2 Å². The molecular weight excluding hydrogens is 364 g/mol. The second-order valence-electron chi connectivity index (χ2n) is 6.17. The zero-order chi connectivity index (χ0) is 19.9. The first-order valence-electron chi connectivity index (χ1n) is 8.98. The fraction of sp³-hybridized carbons (Fsp3) is 0. The highest BCUT2D eigenvalue weighted by molar-refractivity contribution is 6.02. The van der Waals surface area contributed by atoms with Gasteiger partial charge in [0.15, 0.2) is 0 Å². The van der Waals surface area contributed by atoms with E-state index in [2.05, 4.69) is 25.6 Å². The molecule has 0 radical (unpaired) electrons.